The summed E-state index contributed by atoms with van der Waals surface area (Å²) < 4.78 is 15.3. The molecule has 6 heteroatoms. The summed E-state index contributed by atoms with van der Waals surface area (Å²) in [5.74, 6) is 0. The number of furan rings is 2. The first-order valence-corrected chi connectivity index (χ1v) is 28.8. The standard InChI is InChI=1S/C76H62BN3O2/c1-11-22-55-58-42-60-64(43-62(58)78(61(55)12-2)52-23-14-13-15-24-52)80(75-47(6)39-50(40-48(75)7)54-28-21-32-70-72(54)57-26-17-19-30-68(57)82-70)66-36-44(3)35-65-73(66)77(60)59-34-33-51(76(8,9)10)41-63(59)79(65)74-45(4)37-49(38-46(74)5)53-27-20-31-69-71(53)56-25-16-18-29-67(56)81-69/h11-43H,2H2,1,3-10H3/b22-11-. The molecule has 0 unspecified atom stereocenters. The number of aryl methyl sites for hydroxylation is 5. The van der Waals surface area contributed by atoms with Gasteiger partial charge in [-0.1, -0.05) is 137 Å². The Kier molecular flexibility index (Phi) is 11.0. The van der Waals surface area contributed by atoms with Gasteiger partial charge in [-0.05, 0) is 210 Å². The Morgan fingerprint density at radius 3 is 1.52 bits per heavy atom. The minimum Gasteiger partial charge on any atom is -0.456 e. The van der Waals surface area contributed by atoms with Gasteiger partial charge >= 0.3 is 0 Å². The third kappa shape index (κ3) is 7.26. The summed E-state index contributed by atoms with van der Waals surface area (Å²) in [4.78, 5) is 5.25. The van der Waals surface area contributed by atoms with Crippen LogP contribution in [0.5, 0.6) is 0 Å². The Bertz CT molecular complexity index is 4860. The van der Waals surface area contributed by atoms with Gasteiger partial charge in [0.2, 0.25) is 0 Å². The SMILES string of the molecule is C=Cc1c(/C=C\C)c2cc3c(cc2n1-c1ccccc1)N(c1c(C)cc(-c2cccc4oc5ccccc5c24)cc1C)c1cc(C)cc2c1B3c1ccc(C(C)(C)C)cc1N2c1c(C)cc(-c2cccc3oc4ccccc4c23)cc1C. The molecule has 2 aliphatic rings. The Balaban J connectivity index is 1.02. The fourth-order valence-corrected chi connectivity index (χ4v) is 14.3. The number of anilines is 6. The first kappa shape index (κ1) is 49.5. The summed E-state index contributed by atoms with van der Waals surface area (Å²) in [5, 5.41) is 5.73. The van der Waals surface area contributed by atoms with E-state index in [4.69, 9.17) is 8.83 Å². The van der Waals surface area contributed by atoms with Crippen LogP contribution in [-0.4, -0.2) is 11.3 Å². The molecule has 5 heterocycles. The summed E-state index contributed by atoms with van der Waals surface area (Å²) in [6.45, 7) is 25.0. The molecule has 396 valence electrons. The van der Waals surface area contributed by atoms with Gasteiger partial charge in [0.05, 0.1) is 22.6 Å². The van der Waals surface area contributed by atoms with Gasteiger partial charge in [0.1, 0.15) is 22.3 Å². The number of hydrogen-bond acceptors (Lipinski definition) is 4. The van der Waals surface area contributed by atoms with E-state index < -0.39 is 0 Å². The second-order valence-electron chi connectivity index (χ2n) is 23.9. The van der Waals surface area contributed by atoms with Crippen molar-refractivity contribution in [2.24, 2.45) is 0 Å². The van der Waals surface area contributed by atoms with E-state index in [-0.39, 0.29) is 12.1 Å². The van der Waals surface area contributed by atoms with Gasteiger partial charge < -0.3 is 23.2 Å². The molecule has 13 aromatic rings. The Hall–Kier alpha value is -9.52. The molecule has 2 aliphatic heterocycles. The van der Waals surface area contributed by atoms with E-state index in [1.54, 1.807) is 0 Å². The van der Waals surface area contributed by atoms with E-state index in [0.29, 0.717) is 0 Å². The third-order valence-corrected chi connectivity index (χ3v) is 17.6. The molecule has 0 bridgehead atoms. The lowest BCUT2D eigenvalue weighted by molar-refractivity contribution is 0.590. The molecule has 5 nitrogen and oxygen atoms in total. The number of aromatic nitrogens is 1. The van der Waals surface area contributed by atoms with Gasteiger partial charge in [0.15, 0.2) is 0 Å². The van der Waals surface area contributed by atoms with Crippen molar-refractivity contribution in [3.8, 4) is 27.9 Å². The predicted molar refractivity (Wildman–Crippen MR) is 350 cm³/mol. The Morgan fingerprint density at radius 1 is 0.488 bits per heavy atom. The summed E-state index contributed by atoms with van der Waals surface area (Å²) >= 11 is 0. The first-order valence-electron chi connectivity index (χ1n) is 28.8. The molecule has 3 aromatic heterocycles. The fraction of sp³-hybridized carbons (Fsp3) is 0.132. The highest BCUT2D eigenvalue weighted by atomic mass is 16.3. The minimum absolute atomic E-state index is 0.105. The Labute approximate surface area is 479 Å². The van der Waals surface area contributed by atoms with E-state index in [2.05, 4.69) is 265 Å². The van der Waals surface area contributed by atoms with Gasteiger partial charge in [0.25, 0.3) is 6.71 Å². The Morgan fingerprint density at radius 2 is 1.00 bits per heavy atom. The summed E-state index contributed by atoms with van der Waals surface area (Å²) in [6, 6.07) is 67.4. The monoisotopic (exact) mass is 1060 g/mol. The number of fused-ring (bicyclic) bond motifs is 11. The van der Waals surface area contributed by atoms with Crippen LogP contribution in [-0.2, 0) is 5.41 Å². The van der Waals surface area contributed by atoms with Crippen LogP contribution < -0.4 is 26.2 Å². The highest BCUT2D eigenvalue weighted by Crippen LogP contribution is 2.51. The lowest BCUT2D eigenvalue weighted by Gasteiger charge is -2.46. The predicted octanol–water partition coefficient (Wildman–Crippen LogP) is 19.4. The summed E-state index contributed by atoms with van der Waals surface area (Å²) in [7, 11) is 0. The van der Waals surface area contributed by atoms with Crippen molar-refractivity contribution in [1.82, 2.24) is 4.57 Å². The molecule has 0 N–H and O–H groups in total. The van der Waals surface area contributed by atoms with Gasteiger partial charge in [-0.3, -0.25) is 0 Å². The number of para-hydroxylation sites is 3. The van der Waals surface area contributed by atoms with E-state index in [1.165, 1.54) is 100 Å². The van der Waals surface area contributed by atoms with Gasteiger partial charge in [0, 0.05) is 60.9 Å². The summed E-state index contributed by atoms with van der Waals surface area (Å²) in [6.07, 6.45) is 6.46. The second kappa shape index (κ2) is 18.3. The zero-order valence-corrected chi connectivity index (χ0v) is 48.0. The maximum absolute atomic E-state index is 6.46. The minimum atomic E-state index is -0.106. The molecule has 0 fully saturated rings. The summed E-state index contributed by atoms with van der Waals surface area (Å²) in [5.41, 5.74) is 30.8. The van der Waals surface area contributed by atoms with Crippen LogP contribution in [0.2, 0.25) is 0 Å². The number of benzene rings is 10. The van der Waals surface area contributed by atoms with Crippen molar-refractivity contribution in [2.45, 2.75) is 67.7 Å². The van der Waals surface area contributed by atoms with E-state index >= 15 is 0 Å². The zero-order valence-electron chi connectivity index (χ0n) is 48.0. The molecular formula is C76H62BN3O2. The largest absolute Gasteiger partial charge is 0.456 e. The molecule has 10 aromatic carbocycles. The number of hydrogen-bond donors (Lipinski definition) is 0. The molecule has 0 saturated heterocycles. The third-order valence-electron chi connectivity index (χ3n) is 17.6. The molecule has 0 amide bonds. The van der Waals surface area contributed by atoms with Crippen molar-refractivity contribution >= 4 is 124 Å². The lowest BCUT2D eigenvalue weighted by atomic mass is 9.33. The maximum Gasteiger partial charge on any atom is 0.252 e. The maximum atomic E-state index is 6.46. The van der Waals surface area contributed by atoms with Crippen molar-refractivity contribution in [1.29, 1.82) is 0 Å². The van der Waals surface area contributed by atoms with Gasteiger partial charge in [-0.25, -0.2) is 0 Å². The van der Waals surface area contributed by atoms with Crippen LogP contribution in [0.15, 0.2) is 203 Å². The molecule has 0 saturated carbocycles. The van der Waals surface area contributed by atoms with Gasteiger partial charge in [-0.2, -0.15) is 0 Å². The average molecular weight is 1060 g/mol. The van der Waals surface area contributed by atoms with Crippen molar-refractivity contribution in [3.05, 3.63) is 239 Å². The molecular weight excluding hydrogens is 998 g/mol. The molecule has 0 atom stereocenters. The average Bonchev–Trinajstić information content (AvgIpc) is 1.03. The van der Waals surface area contributed by atoms with Gasteiger partial charge in [-0.15, -0.1) is 0 Å². The van der Waals surface area contributed by atoms with Crippen LogP contribution in [0.3, 0.4) is 0 Å². The van der Waals surface area contributed by atoms with Crippen LogP contribution in [0, 0.1) is 34.6 Å². The quantitative estimate of drug-likeness (QED) is 0.149. The van der Waals surface area contributed by atoms with Crippen molar-refractivity contribution in [3.63, 3.8) is 0 Å². The molecule has 15 rings (SSSR count). The lowest BCUT2D eigenvalue weighted by Crippen LogP contribution is -2.61. The first-order chi connectivity index (χ1) is 39.8. The van der Waals surface area contributed by atoms with Crippen LogP contribution >= 0.6 is 0 Å². The molecule has 82 heavy (non-hydrogen) atoms. The zero-order chi connectivity index (χ0) is 56.0. The van der Waals surface area contributed by atoms with Crippen LogP contribution in [0.1, 0.15) is 72.3 Å². The molecule has 0 aliphatic carbocycles. The molecule has 0 radical (unpaired) electrons. The van der Waals surface area contributed by atoms with E-state index in [0.717, 1.165) is 77.6 Å². The van der Waals surface area contributed by atoms with E-state index in [1.807, 2.05) is 18.2 Å². The number of allylic oxidation sites excluding steroid dienone is 1. The fourth-order valence-electron chi connectivity index (χ4n) is 14.3. The second-order valence-corrected chi connectivity index (χ2v) is 23.9. The van der Waals surface area contributed by atoms with E-state index in [9.17, 15) is 0 Å². The smallest absolute Gasteiger partial charge is 0.252 e. The topological polar surface area (TPSA) is 37.7 Å². The van der Waals surface area contributed by atoms with Crippen molar-refractivity contribution in [2.75, 3.05) is 9.80 Å². The molecule has 0 spiro atoms. The van der Waals surface area contributed by atoms with Crippen LogP contribution in [0.25, 0.3) is 94.9 Å². The number of nitrogens with zero attached hydrogens (tertiary/aromatic N) is 3. The number of rotatable bonds is 7. The highest BCUT2D eigenvalue weighted by Gasteiger charge is 2.45. The highest BCUT2D eigenvalue weighted by molar-refractivity contribution is 7.00. The van der Waals surface area contributed by atoms with Crippen LogP contribution in [0.4, 0.5) is 34.1 Å². The van der Waals surface area contributed by atoms with Crippen molar-refractivity contribution < 1.29 is 8.83 Å². The normalized spacial score (nSPS) is 13.1.